The van der Waals surface area contributed by atoms with Gasteiger partial charge in [-0.2, -0.15) is 0 Å². The fraction of sp³-hybridized carbons (Fsp3) is 0.400. The average molecular weight is 227 g/mol. The number of aryl methyl sites for hydroxylation is 1. The van der Waals surface area contributed by atoms with Crippen LogP contribution in [0.15, 0.2) is 12.1 Å². The van der Waals surface area contributed by atoms with E-state index in [-0.39, 0.29) is 0 Å². The van der Waals surface area contributed by atoms with Crippen LogP contribution < -0.4 is 5.73 Å². The van der Waals surface area contributed by atoms with Crippen LogP contribution in [0.5, 0.6) is 0 Å². The molecule has 0 fully saturated rings. The molecule has 0 saturated carbocycles. The maximum atomic E-state index is 5.76. The molecule has 2 aromatic heterocycles. The van der Waals surface area contributed by atoms with Crippen LogP contribution in [0.3, 0.4) is 0 Å². The van der Waals surface area contributed by atoms with Crippen molar-refractivity contribution in [1.82, 2.24) is 14.5 Å². The Kier molecular flexibility index (Phi) is 3.91. The molecule has 2 N–H and O–H groups in total. The van der Waals surface area contributed by atoms with E-state index in [0.717, 1.165) is 17.7 Å². The molecule has 15 heavy (non-hydrogen) atoms. The minimum Gasteiger partial charge on any atom is -0.369 e. The maximum absolute atomic E-state index is 5.76. The van der Waals surface area contributed by atoms with Gasteiger partial charge in [0.25, 0.3) is 0 Å². The van der Waals surface area contributed by atoms with Crippen LogP contribution in [-0.2, 0) is 6.54 Å². The average Bonchev–Trinajstić information content (AvgIpc) is 2.56. The van der Waals surface area contributed by atoms with Crippen molar-refractivity contribution < 1.29 is 0 Å². The zero-order valence-corrected chi connectivity index (χ0v) is 9.91. The van der Waals surface area contributed by atoms with E-state index in [9.17, 15) is 0 Å². The van der Waals surface area contributed by atoms with E-state index in [0.29, 0.717) is 11.1 Å². The highest BCUT2D eigenvalue weighted by molar-refractivity contribution is 6.29. The first-order valence-electron chi connectivity index (χ1n) is 5.00. The van der Waals surface area contributed by atoms with Gasteiger partial charge in [-0.1, -0.05) is 25.4 Å². The van der Waals surface area contributed by atoms with Crippen molar-refractivity contribution in [3.63, 3.8) is 0 Å². The molecule has 0 aliphatic heterocycles. The SMILES string of the molecule is CC.CCn1c(N)nc2ccc(Cl)nc21. The molecule has 0 spiro atoms. The Hall–Kier alpha value is -1.29. The second-order valence-electron chi connectivity index (χ2n) is 2.69. The van der Waals surface area contributed by atoms with Crippen molar-refractivity contribution in [3.05, 3.63) is 17.3 Å². The molecule has 4 nitrogen and oxygen atoms in total. The Labute approximate surface area is 94.1 Å². The highest BCUT2D eigenvalue weighted by Crippen LogP contribution is 2.17. The van der Waals surface area contributed by atoms with E-state index in [1.807, 2.05) is 31.4 Å². The first-order valence-corrected chi connectivity index (χ1v) is 5.38. The molecule has 0 bridgehead atoms. The number of nitrogens with zero attached hydrogens (tertiary/aromatic N) is 3. The first-order chi connectivity index (χ1) is 7.22. The van der Waals surface area contributed by atoms with Crippen LogP contribution in [0.25, 0.3) is 11.2 Å². The molecule has 0 aliphatic carbocycles. The van der Waals surface area contributed by atoms with Crippen molar-refractivity contribution in [1.29, 1.82) is 0 Å². The topological polar surface area (TPSA) is 56.7 Å². The highest BCUT2D eigenvalue weighted by Gasteiger charge is 2.07. The summed E-state index contributed by atoms with van der Waals surface area (Å²) in [5.74, 6) is 0.479. The summed E-state index contributed by atoms with van der Waals surface area (Å²) in [5.41, 5.74) is 7.21. The van der Waals surface area contributed by atoms with E-state index < -0.39 is 0 Å². The zero-order chi connectivity index (χ0) is 11.4. The standard InChI is InChI=1S/C8H9ClN4.C2H6/c1-2-13-7-5(11-8(13)10)3-4-6(9)12-7;1-2/h3-4H,2H2,1H3,(H2,10,11);1-2H3. The second kappa shape index (κ2) is 4.98. The van der Waals surface area contributed by atoms with Crippen molar-refractivity contribution in [3.8, 4) is 0 Å². The first kappa shape index (κ1) is 11.8. The molecule has 0 unspecified atom stereocenters. The predicted molar refractivity (Wildman–Crippen MR) is 64.0 cm³/mol. The molecule has 0 aromatic carbocycles. The Balaban J connectivity index is 0.000000531. The number of nitrogens with two attached hydrogens (primary N) is 1. The summed E-state index contributed by atoms with van der Waals surface area (Å²) < 4.78 is 1.82. The summed E-state index contributed by atoms with van der Waals surface area (Å²) in [6.45, 7) is 6.73. The fourth-order valence-corrected chi connectivity index (χ4v) is 1.45. The van der Waals surface area contributed by atoms with Crippen molar-refractivity contribution in [2.45, 2.75) is 27.3 Å². The van der Waals surface area contributed by atoms with Gasteiger partial charge < -0.3 is 5.73 Å². The van der Waals surface area contributed by atoms with Gasteiger partial charge in [0, 0.05) is 6.54 Å². The summed E-state index contributed by atoms with van der Waals surface area (Å²) in [6, 6.07) is 3.52. The molecule has 0 atom stereocenters. The fourth-order valence-electron chi connectivity index (χ4n) is 1.31. The number of imidazole rings is 1. The number of fused-ring (bicyclic) bond motifs is 1. The number of pyridine rings is 1. The van der Waals surface area contributed by atoms with Gasteiger partial charge >= 0.3 is 0 Å². The molecule has 2 aromatic rings. The summed E-state index contributed by atoms with van der Waals surface area (Å²) >= 11 is 5.76. The Morgan fingerprint density at radius 3 is 2.60 bits per heavy atom. The zero-order valence-electron chi connectivity index (χ0n) is 9.16. The Morgan fingerprint density at radius 1 is 1.33 bits per heavy atom. The van der Waals surface area contributed by atoms with Crippen LogP contribution in [0.2, 0.25) is 5.15 Å². The second-order valence-corrected chi connectivity index (χ2v) is 3.08. The molecule has 2 rings (SSSR count). The molecule has 5 heteroatoms. The number of anilines is 1. The van der Waals surface area contributed by atoms with E-state index in [1.54, 1.807) is 6.07 Å². The number of hydrogen-bond donors (Lipinski definition) is 1. The van der Waals surface area contributed by atoms with E-state index in [4.69, 9.17) is 17.3 Å². The van der Waals surface area contributed by atoms with Gasteiger partial charge in [-0.05, 0) is 19.1 Å². The molecular formula is C10H15ClN4. The minimum absolute atomic E-state index is 0.460. The molecule has 0 radical (unpaired) electrons. The third kappa shape index (κ3) is 2.21. The van der Waals surface area contributed by atoms with Gasteiger partial charge in [-0.25, -0.2) is 9.97 Å². The monoisotopic (exact) mass is 226 g/mol. The largest absolute Gasteiger partial charge is 0.369 e. The quantitative estimate of drug-likeness (QED) is 0.761. The molecule has 0 amide bonds. The molecule has 0 aliphatic rings. The van der Waals surface area contributed by atoms with Crippen LogP contribution >= 0.6 is 11.6 Å². The van der Waals surface area contributed by atoms with Crippen LogP contribution in [0, 0.1) is 0 Å². The minimum atomic E-state index is 0.460. The third-order valence-electron chi connectivity index (χ3n) is 1.90. The third-order valence-corrected chi connectivity index (χ3v) is 2.11. The van der Waals surface area contributed by atoms with E-state index in [2.05, 4.69) is 9.97 Å². The highest BCUT2D eigenvalue weighted by atomic mass is 35.5. The predicted octanol–water partition coefficient (Wildman–Crippen LogP) is 2.71. The summed E-state index contributed by atoms with van der Waals surface area (Å²) in [7, 11) is 0. The number of rotatable bonds is 1. The Bertz CT molecular complexity index is 450. The van der Waals surface area contributed by atoms with E-state index in [1.165, 1.54) is 0 Å². The van der Waals surface area contributed by atoms with Crippen molar-refractivity contribution in [2.24, 2.45) is 0 Å². The molecular weight excluding hydrogens is 212 g/mol. The van der Waals surface area contributed by atoms with Crippen LogP contribution in [0.1, 0.15) is 20.8 Å². The lowest BCUT2D eigenvalue weighted by Gasteiger charge is -1.99. The van der Waals surface area contributed by atoms with Gasteiger partial charge in [-0.15, -0.1) is 0 Å². The summed E-state index contributed by atoms with van der Waals surface area (Å²) in [6.07, 6.45) is 0. The number of hydrogen-bond acceptors (Lipinski definition) is 3. The normalized spacial score (nSPS) is 9.87. The summed E-state index contributed by atoms with van der Waals surface area (Å²) in [5, 5.41) is 0.460. The Morgan fingerprint density at radius 2 is 2.00 bits per heavy atom. The molecule has 0 saturated heterocycles. The van der Waals surface area contributed by atoms with Crippen molar-refractivity contribution >= 4 is 28.7 Å². The molecule has 2 heterocycles. The van der Waals surface area contributed by atoms with Gasteiger partial charge in [0.1, 0.15) is 10.7 Å². The lowest BCUT2D eigenvalue weighted by molar-refractivity contribution is 0.791. The molecule has 82 valence electrons. The summed E-state index contributed by atoms with van der Waals surface area (Å²) in [4.78, 5) is 8.30. The lowest BCUT2D eigenvalue weighted by atomic mass is 10.4. The van der Waals surface area contributed by atoms with Crippen LogP contribution in [-0.4, -0.2) is 14.5 Å². The van der Waals surface area contributed by atoms with Gasteiger partial charge in [0.05, 0.1) is 0 Å². The maximum Gasteiger partial charge on any atom is 0.202 e. The number of aromatic nitrogens is 3. The van der Waals surface area contributed by atoms with Crippen molar-refractivity contribution in [2.75, 3.05) is 5.73 Å². The van der Waals surface area contributed by atoms with Crippen LogP contribution in [0.4, 0.5) is 5.95 Å². The lowest BCUT2D eigenvalue weighted by Crippen LogP contribution is -2.01. The smallest absolute Gasteiger partial charge is 0.202 e. The number of halogens is 1. The van der Waals surface area contributed by atoms with Gasteiger partial charge in [-0.3, -0.25) is 4.57 Å². The van der Waals surface area contributed by atoms with E-state index >= 15 is 0 Å². The van der Waals surface area contributed by atoms with Gasteiger partial charge in [0.15, 0.2) is 5.65 Å². The van der Waals surface area contributed by atoms with Gasteiger partial charge in [0.2, 0.25) is 5.95 Å². The number of nitrogen functional groups attached to an aromatic ring is 1.